The number of alkyl halides is 2. The number of nitrogens with zero attached hydrogens (tertiary/aromatic N) is 4. The molecule has 0 N–H and O–H groups in total. The minimum Gasteiger partial charge on any atom is -0.338 e. The van der Waals surface area contributed by atoms with Crippen molar-refractivity contribution in [1.29, 1.82) is 0 Å². The quantitative estimate of drug-likeness (QED) is 0.662. The monoisotopic (exact) mass is 398 g/mol. The highest BCUT2D eigenvalue weighted by Crippen LogP contribution is 2.32. The molecule has 4 rings (SSSR count). The van der Waals surface area contributed by atoms with E-state index in [9.17, 15) is 18.4 Å². The Morgan fingerprint density at radius 2 is 2.00 bits per heavy atom. The van der Waals surface area contributed by atoms with Gasteiger partial charge in [-0.3, -0.25) is 14.2 Å². The number of hydrogen-bond acceptors (Lipinski definition) is 3. The maximum Gasteiger partial charge on any atom is 0.319 e. The fraction of sp³-hybridized carbons (Fsp3) is 0.286. The molecule has 6 nitrogen and oxygen atoms in total. The molecule has 1 aromatic heterocycles. The molecule has 1 fully saturated rings. The molecule has 2 aromatic carbocycles. The third-order valence-electron chi connectivity index (χ3n) is 5.25. The van der Waals surface area contributed by atoms with Crippen LogP contribution in [-0.4, -0.2) is 39.9 Å². The molecular weight excluding hydrogens is 378 g/mol. The molecule has 1 atom stereocenters. The fourth-order valence-electron chi connectivity index (χ4n) is 3.80. The Morgan fingerprint density at radius 3 is 2.79 bits per heavy atom. The lowest BCUT2D eigenvalue weighted by Gasteiger charge is -2.22. The van der Waals surface area contributed by atoms with E-state index in [-0.39, 0.29) is 37.1 Å². The van der Waals surface area contributed by atoms with Gasteiger partial charge in [0.05, 0.1) is 18.2 Å². The van der Waals surface area contributed by atoms with Gasteiger partial charge in [0.15, 0.2) is 0 Å². The van der Waals surface area contributed by atoms with E-state index in [1.807, 2.05) is 42.5 Å². The molecule has 1 saturated heterocycles. The lowest BCUT2D eigenvalue weighted by Crippen LogP contribution is -2.35. The lowest BCUT2D eigenvalue weighted by atomic mass is 10.1. The van der Waals surface area contributed by atoms with Crippen LogP contribution in [0.3, 0.4) is 0 Å². The number of hydrogen-bond donors (Lipinski definition) is 0. The van der Waals surface area contributed by atoms with Crippen molar-refractivity contribution < 1.29 is 18.4 Å². The van der Waals surface area contributed by atoms with Crippen LogP contribution in [0.5, 0.6) is 0 Å². The lowest BCUT2D eigenvalue weighted by molar-refractivity contribution is -0.135. The van der Waals surface area contributed by atoms with Gasteiger partial charge in [0.25, 0.3) is 0 Å². The van der Waals surface area contributed by atoms with Crippen LogP contribution < -0.4 is 4.90 Å². The molecule has 8 heteroatoms. The molecule has 0 spiro atoms. The van der Waals surface area contributed by atoms with Gasteiger partial charge in [-0.1, -0.05) is 36.4 Å². The Hall–Kier alpha value is -3.29. The summed E-state index contributed by atoms with van der Waals surface area (Å²) in [4.78, 5) is 32.4. The highest BCUT2D eigenvalue weighted by Gasteiger charge is 2.37. The topological polar surface area (TPSA) is 58.4 Å². The van der Waals surface area contributed by atoms with Gasteiger partial charge in [0.2, 0.25) is 11.8 Å². The number of aromatic nitrogens is 2. The molecule has 0 aliphatic carbocycles. The summed E-state index contributed by atoms with van der Waals surface area (Å²) < 4.78 is 26.7. The van der Waals surface area contributed by atoms with Gasteiger partial charge in [0, 0.05) is 37.8 Å². The summed E-state index contributed by atoms with van der Waals surface area (Å²) in [5.41, 5.74) is 0.777. The highest BCUT2D eigenvalue weighted by atomic mass is 19.3. The van der Waals surface area contributed by atoms with Gasteiger partial charge in [-0.2, -0.15) is 8.78 Å². The number of carbonyl (C=O) groups excluding carboxylic acids is 2. The molecular formula is C21H20F2N4O2. The second-order valence-corrected chi connectivity index (χ2v) is 7.13. The van der Waals surface area contributed by atoms with E-state index in [0.29, 0.717) is 0 Å². The van der Waals surface area contributed by atoms with Gasteiger partial charge in [0.1, 0.15) is 5.82 Å². The summed E-state index contributed by atoms with van der Waals surface area (Å²) in [6.07, 6.45) is 2.55. The first-order valence-electron chi connectivity index (χ1n) is 9.28. The largest absolute Gasteiger partial charge is 0.338 e. The molecule has 0 bridgehead atoms. The van der Waals surface area contributed by atoms with Crippen LogP contribution in [0, 0.1) is 5.92 Å². The predicted octanol–water partition coefficient (Wildman–Crippen LogP) is 3.44. The summed E-state index contributed by atoms with van der Waals surface area (Å²) in [5.74, 6) is -0.806. The molecule has 150 valence electrons. The number of rotatable bonds is 5. The number of carbonyl (C=O) groups is 2. The van der Waals surface area contributed by atoms with Crippen molar-refractivity contribution in [2.75, 3.05) is 18.5 Å². The third-order valence-corrected chi connectivity index (χ3v) is 5.25. The van der Waals surface area contributed by atoms with E-state index in [1.165, 1.54) is 24.3 Å². The van der Waals surface area contributed by atoms with Crippen LogP contribution in [0.15, 0.2) is 54.9 Å². The standard InChI is InChI=1S/C21H20F2N4O2/c1-25(13-18-24-9-10-26(18)21(22)23)20(29)15-11-19(28)27(12-15)17-8-4-6-14-5-2-3-7-16(14)17/h2-10,15,21H,11-13H2,1H3. The Labute approximate surface area is 166 Å². The Kier molecular flexibility index (Phi) is 5.00. The van der Waals surface area contributed by atoms with Gasteiger partial charge < -0.3 is 9.80 Å². The predicted molar refractivity (Wildman–Crippen MR) is 104 cm³/mol. The van der Waals surface area contributed by atoms with Gasteiger partial charge in [-0.05, 0) is 11.5 Å². The maximum atomic E-state index is 13.0. The van der Waals surface area contributed by atoms with E-state index in [1.54, 1.807) is 4.90 Å². The van der Waals surface area contributed by atoms with Crippen molar-refractivity contribution in [3.8, 4) is 0 Å². The van der Waals surface area contributed by atoms with Crippen molar-refractivity contribution in [2.24, 2.45) is 5.92 Å². The molecule has 1 aliphatic heterocycles. The summed E-state index contributed by atoms with van der Waals surface area (Å²) in [5, 5.41) is 1.97. The van der Waals surface area contributed by atoms with Crippen LogP contribution in [0.4, 0.5) is 14.5 Å². The molecule has 0 saturated carbocycles. The van der Waals surface area contributed by atoms with E-state index in [0.717, 1.165) is 21.0 Å². The first-order chi connectivity index (χ1) is 14.0. The number of amides is 2. The van der Waals surface area contributed by atoms with Crippen LogP contribution in [-0.2, 0) is 16.1 Å². The average Bonchev–Trinajstić information content (AvgIpc) is 3.33. The molecule has 0 radical (unpaired) electrons. The van der Waals surface area contributed by atoms with E-state index in [2.05, 4.69) is 4.98 Å². The first-order valence-corrected chi connectivity index (χ1v) is 9.28. The van der Waals surface area contributed by atoms with Crippen molar-refractivity contribution in [2.45, 2.75) is 19.5 Å². The van der Waals surface area contributed by atoms with E-state index >= 15 is 0 Å². The number of halogens is 2. The molecule has 3 aromatic rings. The Bertz CT molecular complexity index is 1060. The zero-order valence-electron chi connectivity index (χ0n) is 15.8. The maximum absolute atomic E-state index is 13.0. The molecule has 29 heavy (non-hydrogen) atoms. The van der Waals surface area contributed by atoms with Crippen LogP contribution in [0.2, 0.25) is 0 Å². The van der Waals surface area contributed by atoms with Crippen molar-refractivity contribution >= 4 is 28.3 Å². The minimum atomic E-state index is -2.72. The fourth-order valence-corrected chi connectivity index (χ4v) is 3.80. The van der Waals surface area contributed by atoms with Gasteiger partial charge >= 0.3 is 6.55 Å². The number of anilines is 1. The zero-order valence-corrected chi connectivity index (χ0v) is 15.8. The van der Waals surface area contributed by atoms with E-state index in [4.69, 9.17) is 0 Å². The minimum absolute atomic E-state index is 0.0465. The van der Waals surface area contributed by atoms with Crippen molar-refractivity contribution in [1.82, 2.24) is 14.5 Å². The zero-order chi connectivity index (χ0) is 20.5. The second kappa shape index (κ2) is 7.62. The Balaban J connectivity index is 1.51. The Morgan fingerprint density at radius 1 is 1.24 bits per heavy atom. The molecule has 1 aliphatic rings. The summed E-state index contributed by atoms with van der Waals surface area (Å²) in [6.45, 7) is -2.50. The summed E-state index contributed by atoms with van der Waals surface area (Å²) >= 11 is 0. The number of benzene rings is 2. The van der Waals surface area contributed by atoms with Gasteiger partial charge in [-0.25, -0.2) is 4.98 Å². The van der Waals surface area contributed by atoms with Crippen molar-refractivity contribution in [3.63, 3.8) is 0 Å². The first kappa shape index (κ1) is 19.0. The highest BCUT2D eigenvalue weighted by molar-refractivity contribution is 6.06. The van der Waals surface area contributed by atoms with E-state index < -0.39 is 12.5 Å². The van der Waals surface area contributed by atoms with Crippen LogP contribution in [0.25, 0.3) is 10.8 Å². The van der Waals surface area contributed by atoms with Crippen LogP contribution in [0.1, 0.15) is 18.8 Å². The summed E-state index contributed by atoms with van der Waals surface area (Å²) in [7, 11) is 1.54. The molecule has 2 heterocycles. The number of fused-ring (bicyclic) bond motifs is 1. The molecule has 2 amide bonds. The second-order valence-electron chi connectivity index (χ2n) is 7.13. The SMILES string of the molecule is CN(Cc1nccn1C(F)F)C(=O)C1CC(=O)N(c2cccc3ccccc23)C1. The van der Waals surface area contributed by atoms with Crippen molar-refractivity contribution in [3.05, 3.63) is 60.7 Å². The van der Waals surface area contributed by atoms with Gasteiger partial charge in [-0.15, -0.1) is 0 Å². The average molecular weight is 398 g/mol. The number of imidazole rings is 1. The normalized spacial score (nSPS) is 16.8. The van der Waals surface area contributed by atoms with Crippen LogP contribution >= 0.6 is 0 Å². The summed E-state index contributed by atoms with van der Waals surface area (Å²) in [6, 6.07) is 13.5. The third kappa shape index (κ3) is 3.57. The smallest absolute Gasteiger partial charge is 0.319 e. The molecule has 1 unspecified atom stereocenters.